The van der Waals surface area contributed by atoms with Crippen molar-refractivity contribution in [2.75, 3.05) is 48.5 Å². The van der Waals surface area contributed by atoms with E-state index >= 15 is 0 Å². The first-order valence-electron chi connectivity index (χ1n) is 15.4. The van der Waals surface area contributed by atoms with Gasteiger partial charge in [0.1, 0.15) is 11.5 Å². The maximum atomic E-state index is 7.01. The summed E-state index contributed by atoms with van der Waals surface area (Å²) in [5.41, 5.74) is 7.31. The summed E-state index contributed by atoms with van der Waals surface area (Å²) in [4.78, 5) is 4.84. The van der Waals surface area contributed by atoms with Gasteiger partial charge in [0, 0.05) is 30.7 Å². The number of fused-ring (bicyclic) bond motifs is 2. The van der Waals surface area contributed by atoms with Gasteiger partial charge in [0.15, 0.2) is 23.0 Å². The fraction of sp³-hybridized carbons (Fsp3) is 0.351. The van der Waals surface area contributed by atoms with Gasteiger partial charge in [-0.25, -0.2) is 0 Å². The maximum Gasteiger partial charge on any atom is 0.204 e. The molecule has 228 valence electrons. The second kappa shape index (κ2) is 11.7. The molecule has 7 nitrogen and oxygen atoms in total. The molecule has 2 unspecified atom stereocenters. The van der Waals surface area contributed by atoms with E-state index in [4.69, 9.17) is 23.7 Å². The highest BCUT2D eigenvalue weighted by Gasteiger charge is 2.34. The Morgan fingerprint density at radius 1 is 0.659 bits per heavy atom. The van der Waals surface area contributed by atoms with E-state index < -0.39 is 0 Å². The second-order valence-corrected chi connectivity index (χ2v) is 12.1. The zero-order chi connectivity index (χ0) is 30.4. The SMILES string of the molecule is COc1cc2c3cc1Oc1c(OC)c(OC)cc4c1C(Cc1cccc(c1)Oc1ccc(cc1)CC3N(C)CC2)N(C)CC4. The van der Waals surface area contributed by atoms with E-state index in [0.717, 1.165) is 61.6 Å². The molecule has 4 aliphatic heterocycles. The first-order valence-corrected chi connectivity index (χ1v) is 15.4. The fourth-order valence-electron chi connectivity index (χ4n) is 7.09. The molecular formula is C37H40N2O5. The van der Waals surface area contributed by atoms with E-state index in [2.05, 4.69) is 84.6 Å². The molecule has 0 saturated heterocycles. The van der Waals surface area contributed by atoms with Crippen LogP contribution in [0, 0.1) is 0 Å². The van der Waals surface area contributed by atoms with Crippen LogP contribution >= 0.6 is 0 Å². The van der Waals surface area contributed by atoms with Crippen LogP contribution < -0.4 is 23.7 Å². The molecule has 0 aliphatic carbocycles. The van der Waals surface area contributed by atoms with Gasteiger partial charge in [0.05, 0.1) is 21.3 Å². The Balaban J connectivity index is 1.46. The summed E-state index contributed by atoms with van der Waals surface area (Å²) >= 11 is 0. The van der Waals surface area contributed by atoms with E-state index in [1.165, 1.54) is 27.8 Å². The lowest BCUT2D eigenvalue weighted by Crippen LogP contribution is -2.34. The normalized spacial score (nSPS) is 19.6. The first-order chi connectivity index (χ1) is 21.4. The monoisotopic (exact) mass is 592 g/mol. The number of likely N-dealkylation sites (N-methyl/N-ethyl adjacent to an activating group) is 2. The third kappa shape index (κ3) is 5.14. The third-order valence-corrected chi connectivity index (χ3v) is 9.53. The molecule has 4 aromatic carbocycles. The minimum absolute atomic E-state index is 0.0458. The number of rotatable bonds is 3. The molecule has 4 aliphatic rings. The average Bonchev–Trinajstić information content (AvgIpc) is 3.04. The standard InChI is InChI=1S/C37H40N2O5/c1-38-15-13-25-20-32(40-3)33-22-29(25)30(38)18-23-9-11-27(12-10-23)43-28-8-6-7-24(17-28)19-31-35-26(14-16-39(31)2)21-34(41-4)36(42-5)37(35)44-33/h6-12,17,20-22,30-31H,13-16,18-19H2,1-5H3. The molecule has 4 heterocycles. The van der Waals surface area contributed by atoms with Gasteiger partial charge in [-0.3, -0.25) is 9.80 Å². The van der Waals surface area contributed by atoms with Crippen LogP contribution in [0.3, 0.4) is 0 Å². The van der Waals surface area contributed by atoms with Gasteiger partial charge < -0.3 is 23.7 Å². The van der Waals surface area contributed by atoms with E-state index in [0.29, 0.717) is 23.0 Å². The molecule has 0 amide bonds. The van der Waals surface area contributed by atoms with E-state index in [1.54, 1.807) is 21.3 Å². The Kier molecular flexibility index (Phi) is 7.60. The summed E-state index contributed by atoms with van der Waals surface area (Å²) in [7, 11) is 9.46. The zero-order valence-electron chi connectivity index (χ0n) is 26.2. The van der Waals surface area contributed by atoms with Crippen molar-refractivity contribution < 1.29 is 23.7 Å². The minimum Gasteiger partial charge on any atom is -0.493 e. The summed E-state index contributed by atoms with van der Waals surface area (Å²) in [6, 6.07) is 23.6. The van der Waals surface area contributed by atoms with Crippen molar-refractivity contribution in [1.29, 1.82) is 0 Å². The average molecular weight is 593 g/mol. The number of benzene rings is 4. The van der Waals surface area contributed by atoms with Crippen LogP contribution in [0.5, 0.6) is 40.2 Å². The zero-order valence-corrected chi connectivity index (χ0v) is 26.2. The Hall–Kier alpha value is -4.20. The smallest absolute Gasteiger partial charge is 0.204 e. The van der Waals surface area contributed by atoms with E-state index in [1.807, 2.05) is 6.07 Å². The molecule has 0 spiro atoms. The molecule has 0 fully saturated rings. The van der Waals surface area contributed by atoms with Gasteiger partial charge in [-0.05, 0) is 110 Å². The largest absolute Gasteiger partial charge is 0.493 e. The van der Waals surface area contributed by atoms with Crippen molar-refractivity contribution in [3.8, 4) is 40.2 Å². The number of nitrogens with zero attached hydrogens (tertiary/aromatic N) is 2. The summed E-state index contributed by atoms with van der Waals surface area (Å²) in [5.74, 6) is 5.00. The van der Waals surface area contributed by atoms with Crippen molar-refractivity contribution in [2.45, 2.75) is 37.8 Å². The lowest BCUT2D eigenvalue weighted by Gasteiger charge is -2.37. The summed E-state index contributed by atoms with van der Waals surface area (Å²) in [6.07, 6.45) is 3.48. The number of hydrogen-bond acceptors (Lipinski definition) is 7. The lowest BCUT2D eigenvalue weighted by molar-refractivity contribution is 0.220. The van der Waals surface area contributed by atoms with Gasteiger partial charge in [0.25, 0.3) is 0 Å². The van der Waals surface area contributed by atoms with Gasteiger partial charge >= 0.3 is 0 Å². The maximum absolute atomic E-state index is 7.01. The second-order valence-electron chi connectivity index (χ2n) is 12.1. The summed E-state index contributed by atoms with van der Waals surface area (Å²) in [6.45, 7) is 1.90. The molecule has 0 N–H and O–H groups in total. The molecule has 2 atom stereocenters. The fourth-order valence-corrected chi connectivity index (χ4v) is 7.09. The molecule has 0 saturated carbocycles. The van der Waals surface area contributed by atoms with Crippen molar-refractivity contribution in [3.05, 3.63) is 100 Å². The molecule has 8 rings (SSSR count). The van der Waals surface area contributed by atoms with Crippen molar-refractivity contribution in [3.63, 3.8) is 0 Å². The highest BCUT2D eigenvalue weighted by Crippen LogP contribution is 2.51. The van der Waals surface area contributed by atoms with Crippen LogP contribution in [0.25, 0.3) is 0 Å². The minimum atomic E-state index is 0.0458. The molecule has 7 heteroatoms. The number of ether oxygens (including phenoxy) is 5. The molecule has 4 aromatic rings. The van der Waals surface area contributed by atoms with Crippen molar-refractivity contribution in [1.82, 2.24) is 9.80 Å². The van der Waals surface area contributed by atoms with Crippen LogP contribution in [0.4, 0.5) is 0 Å². The molecular weight excluding hydrogens is 552 g/mol. The Morgan fingerprint density at radius 3 is 2.11 bits per heavy atom. The Morgan fingerprint density at radius 2 is 1.36 bits per heavy atom. The summed E-state index contributed by atoms with van der Waals surface area (Å²) < 4.78 is 31.2. The van der Waals surface area contributed by atoms with Crippen LogP contribution in [-0.4, -0.2) is 58.3 Å². The predicted molar refractivity (Wildman–Crippen MR) is 171 cm³/mol. The number of hydrogen-bond donors (Lipinski definition) is 0. The van der Waals surface area contributed by atoms with Crippen molar-refractivity contribution >= 4 is 0 Å². The highest BCUT2D eigenvalue weighted by molar-refractivity contribution is 5.63. The number of methoxy groups -OCH3 is 3. The van der Waals surface area contributed by atoms with E-state index in [-0.39, 0.29) is 12.1 Å². The van der Waals surface area contributed by atoms with Crippen LogP contribution in [0.2, 0.25) is 0 Å². The van der Waals surface area contributed by atoms with E-state index in [9.17, 15) is 0 Å². The van der Waals surface area contributed by atoms with Crippen molar-refractivity contribution in [2.24, 2.45) is 0 Å². The van der Waals surface area contributed by atoms with Gasteiger partial charge in [0.2, 0.25) is 5.75 Å². The predicted octanol–water partition coefficient (Wildman–Crippen LogP) is 7.15. The Bertz CT molecular complexity index is 1680. The van der Waals surface area contributed by atoms with Crippen LogP contribution in [-0.2, 0) is 25.7 Å². The topological polar surface area (TPSA) is 52.6 Å². The molecule has 6 bridgehead atoms. The molecule has 44 heavy (non-hydrogen) atoms. The lowest BCUT2D eigenvalue weighted by atomic mass is 9.87. The quantitative estimate of drug-likeness (QED) is 0.250. The van der Waals surface area contributed by atoms with Gasteiger partial charge in [-0.15, -0.1) is 0 Å². The van der Waals surface area contributed by atoms with Crippen LogP contribution in [0.15, 0.2) is 66.7 Å². The van der Waals surface area contributed by atoms with Gasteiger partial charge in [-0.2, -0.15) is 0 Å². The van der Waals surface area contributed by atoms with Crippen LogP contribution in [0.1, 0.15) is 45.5 Å². The molecule has 0 aromatic heterocycles. The Labute approximate surface area is 259 Å². The molecule has 0 radical (unpaired) electrons. The highest BCUT2D eigenvalue weighted by atomic mass is 16.5. The third-order valence-electron chi connectivity index (χ3n) is 9.53. The van der Waals surface area contributed by atoms with Gasteiger partial charge in [-0.1, -0.05) is 24.3 Å². The first kappa shape index (κ1) is 28.6. The summed E-state index contributed by atoms with van der Waals surface area (Å²) in [5, 5.41) is 0.